The summed E-state index contributed by atoms with van der Waals surface area (Å²) in [6, 6.07) is 7.09. The van der Waals surface area contributed by atoms with E-state index in [-0.39, 0.29) is 24.6 Å². The quantitative estimate of drug-likeness (QED) is 0.465. The van der Waals surface area contributed by atoms with Gasteiger partial charge in [-0.3, -0.25) is 9.59 Å². The molecule has 0 saturated carbocycles. The van der Waals surface area contributed by atoms with Gasteiger partial charge in [0, 0.05) is 29.8 Å². The molecule has 166 valence electrons. The zero-order valence-electron chi connectivity index (χ0n) is 17.1. The predicted molar refractivity (Wildman–Crippen MR) is 110 cm³/mol. The molecule has 0 aromatic heterocycles. The highest BCUT2D eigenvalue weighted by Gasteiger charge is 2.30. The molecule has 2 aromatic carbocycles. The number of halogens is 3. The fourth-order valence-corrected chi connectivity index (χ4v) is 2.85. The molecule has 0 heterocycles. The van der Waals surface area contributed by atoms with Gasteiger partial charge in [0.2, 0.25) is 0 Å². The summed E-state index contributed by atoms with van der Waals surface area (Å²) >= 11 is 0. The minimum atomic E-state index is -4.46. The van der Waals surface area contributed by atoms with Crippen LogP contribution in [-0.4, -0.2) is 39.1 Å². The van der Waals surface area contributed by atoms with Gasteiger partial charge in [0.25, 0.3) is 11.8 Å². The SMILES string of the molecule is C=CCc1cc(C(=O)NCCNC(=O)c2ccc(C(F)(F)F)cc2)cc(OC)c1OC. The maximum Gasteiger partial charge on any atom is 0.416 e. The van der Waals surface area contributed by atoms with E-state index in [0.29, 0.717) is 23.5 Å². The van der Waals surface area contributed by atoms with Gasteiger partial charge < -0.3 is 20.1 Å². The van der Waals surface area contributed by atoms with Crippen molar-refractivity contribution in [2.45, 2.75) is 12.6 Å². The summed E-state index contributed by atoms with van der Waals surface area (Å²) in [6.07, 6.45) is -2.31. The molecule has 0 fully saturated rings. The van der Waals surface area contributed by atoms with Crippen LogP contribution in [-0.2, 0) is 12.6 Å². The smallest absolute Gasteiger partial charge is 0.416 e. The Balaban J connectivity index is 1.94. The van der Waals surface area contributed by atoms with E-state index < -0.39 is 17.6 Å². The van der Waals surface area contributed by atoms with E-state index in [9.17, 15) is 22.8 Å². The van der Waals surface area contributed by atoms with Crippen LogP contribution in [0.2, 0.25) is 0 Å². The van der Waals surface area contributed by atoms with Crippen LogP contribution in [0.25, 0.3) is 0 Å². The predicted octanol–water partition coefficient (Wildman–Crippen LogP) is 3.61. The van der Waals surface area contributed by atoms with E-state index in [4.69, 9.17) is 9.47 Å². The van der Waals surface area contributed by atoms with Crippen LogP contribution >= 0.6 is 0 Å². The Labute approximate surface area is 178 Å². The first kappa shape index (κ1) is 23.8. The molecule has 6 nitrogen and oxygen atoms in total. The van der Waals surface area contributed by atoms with Crippen molar-refractivity contribution in [2.75, 3.05) is 27.3 Å². The molecule has 2 N–H and O–H groups in total. The number of allylic oxidation sites excluding steroid dienone is 1. The molecule has 0 spiro atoms. The summed E-state index contributed by atoms with van der Waals surface area (Å²) in [6.45, 7) is 3.90. The summed E-state index contributed by atoms with van der Waals surface area (Å²) in [4.78, 5) is 24.5. The van der Waals surface area contributed by atoms with Gasteiger partial charge in [-0.2, -0.15) is 13.2 Å². The second-order valence-corrected chi connectivity index (χ2v) is 6.45. The Morgan fingerprint density at radius 1 is 0.968 bits per heavy atom. The van der Waals surface area contributed by atoms with E-state index in [1.165, 1.54) is 14.2 Å². The maximum atomic E-state index is 12.6. The Hall–Kier alpha value is -3.49. The van der Waals surface area contributed by atoms with Gasteiger partial charge in [0.15, 0.2) is 11.5 Å². The lowest BCUT2D eigenvalue weighted by Crippen LogP contribution is -2.34. The van der Waals surface area contributed by atoms with Crippen LogP contribution in [0.4, 0.5) is 13.2 Å². The standard InChI is InChI=1S/C22H23F3N2O4/c1-4-5-15-12-16(13-18(30-2)19(15)31-3)21(29)27-11-10-26-20(28)14-6-8-17(9-7-14)22(23,24)25/h4,6-9,12-13H,1,5,10-11H2,2-3H3,(H,26,28)(H,27,29). The molecule has 0 aliphatic heterocycles. The lowest BCUT2D eigenvalue weighted by atomic mass is 10.0. The first-order valence-electron chi connectivity index (χ1n) is 9.30. The largest absolute Gasteiger partial charge is 0.493 e. The van der Waals surface area contributed by atoms with Crippen molar-refractivity contribution in [3.63, 3.8) is 0 Å². The van der Waals surface area contributed by atoms with E-state index in [2.05, 4.69) is 17.2 Å². The van der Waals surface area contributed by atoms with Gasteiger partial charge >= 0.3 is 6.18 Å². The van der Waals surface area contributed by atoms with Crippen molar-refractivity contribution >= 4 is 11.8 Å². The molecule has 0 atom stereocenters. The number of rotatable bonds is 9. The van der Waals surface area contributed by atoms with Gasteiger partial charge in [-0.25, -0.2) is 0 Å². The van der Waals surface area contributed by atoms with Crippen LogP contribution in [0.5, 0.6) is 11.5 Å². The van der Waals surface area contributed by atoms with Gasteiger partial charge in [-0.1, -0.05) is 6.08 Å². The lowest BCUT2D eigenvalue weighted by molar-refractivity contribution is -0.137. The lowest BCUT2D eigenvalue weighted by Gasteiger charge is -2.14. The van der Waals surface area contributed by atoms with Crippen molar-refractivity contribution in [3.05, 3.63) is 71.3 Å². The van der Waals surface area contributed by atoms with Gasteiger partial charge in [-0.05, 0) is 42.8 Å². The summed E-state index contributed by atoms with van der Waals surface area (Å²) in [5.74, 6) is 0.00256. The van der Waals surface area contributed by atoms with E-state index in [0.717, 1.165) is 29.8 Å². The number of alkyl halides is 3. The molecule has 9 heteroatoms. The first-order chi connectivity index (χ1) is 14.7. The second kappa shape index (κ2) is 10.5. The molecule has 0 aliphatic rings. The highest BCUT2D eigenvalue weighted by atomic mass is 19.4. The zero-order chi connectivity index (χ0) is 23.0. The molecule has 31 heavy (non-hydrogen) atoms. The summed E-state index contributed by atoms with van der Waals surface area (Å²) in [5, 5.41) is 5.21. The number of amides is 2. The number of hydrogen-bond donors (Lipinski definition) is 2. The minimum Gasteiger partial charge on any atom is -0.493 e. The molecular formula is C22H23F3N2O4. The van der Waals surface area contributed by atoms with Crippen molar-refractivity contribution < 1.29 is 32.2 Å². The topological polar surface area (TPSA) is 76.7 Å². The number of nitrogens with one attached hydrogen (secondary N) is 2. The van der Waals surface area contributed by atoms with Crippen molar-refractivity contribution in [1.82, 2.24) is 10.6 Å². The fraction of sp³-hybridized carbons (Fsp3) is 0.273. The Morgan fingerprint density at radius 2 is 1.55 bits per heavy atom. The normalized spacial score (nSPS) is 10.9. The zero-order valence-corrected chi connectivity index (χ0v) is 17.1. The third kappa shape index (κ3) is 6.24. The monoisotopic (exact) mass is 436 g/mol. The summed E-state index contributed by atoms with van der Waals surface area (Å²) in [5.41, 5.74) is 0.344. The van der Waals surface area contributed by atoms with Gasteiger partial charge in [0.1, 0.15) is 0 Å². The van der Waals surface area contributed by atoms with Crippen LogP contribution in [0.3, 0.4) is 0 Å². The van der Waals surface area contributed by atoms with Crippen molar-refractivity contribution in [2.24, 2.45) is 0 Å². The van der Waals surface area contributed by atoms with E-state index in [1.807, 2.05) is 0 Å². The van der Waals surface area contributed by atoms with Gasteiger partial charge in [0.05, 0.1) is 19.8 Å². The number of hydrogen-bond acceptors (Lipinski definition) is 4. The third-order valence-corrected chi connectivity index (χ3v) is 4.35. The molecular weight excluding hydrogens is 413 g/mol. The summed E-state index contributed by atoms with van der Waals surface area (Å²) in [7, 11) is 2.97. The third-order valence-electron chi connectivity index (χ3n) is 4.35. The van der Waals surface area contributed by atoms with Crippen LogP contribution in [0.15, 0.2) is 49.1 Å². The fourth-order valence-electron chi connectivity index (χ4n) is 2.85. The molecule has 0 radical (unpaired) electrons. The van der Waals surface area contributed by atoms with E-state index in [1.54, 1.807) is 18.2 Å². The maximum absolute atomic E-state index is 12.6. The Kier molecular flexibility index (Phi) is 8.07. The number of methoxy groups -OCH3 is 2. The summed E-state index contributed by atoms with van der Waals surface area (Å²) < 4.78 is 48.4. The molecule has 0 saturated heterocycles. The molecule has 2 amide bonds. The average molecular weight is 436 g/mol. The van der Waals surface area contributed by atoms with E-state index >= 15 is 0 Å². The number of benzene rings is 2. The van der Waals surface area contributed by atoms with Crippen molar-refractivity contribution in [1.29, 1.82) is 0 Å². The first-order valence-corrected chi connectivity index (χ1v) is 9.30. The van der Waals surface area contributed by atoms with Crippen LogP contribution < -0.4 is 20.1 Å². The second-order valence-electron chi connectivity index (χ2n) is 6.45. The number of ether oxygens (including phenoxy) is 2. The minimum absolute atomic E-state index is 0.0910. The van der Waals surface area contributed by atoms with Gasteiger partial charge in [-0.15, -0.1) is 6.58 Å². The Bertz CT molecular complexity index is 941. The molecule has 2 aromatic rings. The Morgan fingerprint density at radius 3 is 2.03 bits per heavy atom. The molecule has 2 rings (SSSR count). The van der Waals surface area contributed by atoms with Crippen LogP contribution in [0.1, 0.15) is 31.8 Å². The average Bonchev–Trinajstić information content (AvgIpc) is 2.75. The van der Waals surface area contributed by atoms with Crippen molar-refractivity contribution in [3.8, 4) is 11.5 Å². The highest BCUT2D eigenvalue weighted by molar-refractivity contribution is 5.96. The number of carbonyl (C=O) groups excluding carboxylic acids is 2. The van der Waals surface area contributed by atoms with Crippen LogP contribution in [0, 0.1) is 0 Å². The number of carbonyl (C=O) groups is 2. The highest BCUT2D eigenvalue weighted by Crippen LogP contribution is 2.33. The molecule has 0 aliphatic carbocycles. The molecule has 0 bridgehead atoms. The molecule has 0 unspecified atom stereocenters.